The topological polar surface area (TPSA) is 52.6 Å². The van der Waals surface area contributed by atoms with Gasteiger partial charge in [-0.2, -0.15) is 0 Å². The van der Waals surface area contributed by atoms with Crippen molar-refractivity contribution in [1.29, 1.82) is 0 Å². The molecular formula is C10H20N2O2. The zero-order valence-electron chi connectivity index (χ0n) is 8.99. The third-order valence-electron chi connectivity index (χ3n) is 2.74. The second kappa shape index (κ2) is 5.32. The van der Waals surface area contributed by atoms with Crippen molar-refractivity contribution in [2.75, 3.05) is 20.6 Å². The summed E-state index contributed by atoms with van der Waals surface area (Å²) in [6.45, 7) is 0.328. The highest BCUT2D eigenvalue weighted by Gasteiger charge is 2.22. The van der Waals surface area contributed by atoms with Crippen LogP contribution in [0.4, 0.5) is 0 Å². The summed E-state index contributed by atoms with van der Waals surface area (Å²) in [5.41, 5.74) is 0. The average molecular weight is 200 g/mol. The minimum atomic E-state index is -0.279. The number of amides is 1. The number of aliphatic hydroxyl groups excluding tert-OH is 1. The summed E-state index contributed by atoms with van der Waals surface area (Å²) in [6, 6.07) is 0.104. The SMILES string of the molecule is CN(C)C(=O)CN[C@H]1CCCC[C@@H]1O. The molecule has 82 valence electrons. The van der Waals surface area contributed by atoms with Crippen LogP contribution in [0.15, 0.2) is 0 Å². The molecule has 1 amide bonds. The molecule has 1 rings (SSSR count). The van der Waals surface area contributed by atoms with Crippen LogP contribution in [-0.2, 0) is 4.79 Å². The second-order valence-electron chi connectivity index (χ2n) is 4.13. The largest absolute Gasteiger partial charge is 0.392 e. The number of hydrogen-bond acceptors (Lipinski definition) is 3. The first-order valence-corrected chi connectivity index (χ1v) is 5.23. The maximum absolute atomic E-state index is 11.3. The zero-order chi connectivity index (χ0) is 10.6. The van der Waals surface area contributed by atoms with E-state index in [1.54, 1.807) is 19.0 Å². The summed E-state index contributed by atoms with van der Waals surface area (Å²) >= 11 is 0. The molecule has 0 bridgehead atoms. The Morgan fingerprint density at radius 1 is 1.43 bits per heavy atom. The van der Waals surface area contributed by atoms with Crippen LogP contribution < -0.4 is 5.32 Å². The Kier molecular flexibility index (Phi) is 4.35. The quantitative estimate of drug-likeness (QED) is 0.672. The van der Waals surface area contributed by atoms with Gasteiger partial charge in [0.25, 0.3) is 0 Å². The Morgan fingerprint density at radius 3 is 2.64 bits per heavy atom. The number of hydrogen-bond donors (Lipinski definition) is 2. The van der Waals surface area contributed by atoms with E-state index in [-0.39, 0.29) is 18.1 Å². The van der Waals surface area contributed by atoms with E-state index in [1.807, 2.05) is 0 Å². The summed E-state index contributed by atoms with van der Waals surface area (Å²) in [6.07, 6.45) is 3.79. The first-order chi connectivity index (χ1) is 6.61. The lowest BCUT2D eigenvalue weighted by Gasteiger charge is -2.28. The predicted molar refractivity (Wildman–Crippen MR) is 55.0 cm³/mol. The third kappa shape index (κ3) is 3.27. The fraction of sp³-hybridized carbons (Fsp3) is 0.900. The summed E-state index contributed by atoms with van der Waals surface area (Å²) in [4.78, 5) is 12.8. The summed E-state index contributed by atoms with van der Waals surface area (Å²) in [5, 5.41) is 12.7. The van der Waals surface area contributed by atoms with Gasteiger partial charge in [-0.05, 0) is 12.8 Å². The van der Waals surface area contributed by atoms with E-state index >= 15 is 0 Å². The molecule has 0 unspecified atom stereocenters. The number of likely N-dealkylation sites (N-methyl/N-ethyl adjacent to an activating group) is 1. The summed E-state index contributed by atoms with van der Waals surface area (Å²) in [7, 11) is 3.47. The molecule has 2 N–H and O–H groups in total. The first kappa shape index (κ1) is 11.5. The molecule has 4 heteroatoms. The van der Waals surface area contributed by atoms with Crippen molar-refractivity contribution in [2.24, 2.45) is 0 Å². The molecule has 1 aliphatic carbocycles. The van der Waals surface area contributed by atoms with Gasteiger partial charge in [0.1, 0.15) is 0 Å². The van der Waals surface area contributed by atoms with Gasteiger partial charge < -0.3 is 15.3 Å². The lowest BCUT2D eigenvalue weighted by molar-refractivity contribution is -0.128. The van der Waals surface area contributed by atoms with E-state index in [4.69, 9.17) is 0 Å². The number of carbonyl (C=O) groups is 1. The number of rotatable bonds is 3. The highest BCUT2D eigenvalue weighted by molar-refractivity contribution is 5.77. The van der Waals surface area contributed by atoms with Crippen molar-refractivity contribution >= 4 is 5.91 Å². The smallest absolute Gasteiger partial charge is 0.236 e. The van der Waals surface area contributed by atoms with Crippen LogP contribution in [0.3, 0.4) is 0 Å². The Labute approximate surface area is 85.3 Å². The van der Waals surface area contributed by atoms with Crippen molar-refractivity contribution < 1.29 is 9.90 Å². The van der Waals surface area contributed by atoms with Crippen molar-refractivity contribution in [3.8, 4) is 0 Å². The molecule has 2 atom stereocenters. The summed E-state index contributed by atoms with van der Waals surface area (Å²) < 4.78 is 0. The maximum atomic E-state index is 11.3. The summed E-state index contributed by atoms with van der Waals surface area (Å²) in [5.74, 6) is 0.0581. The van der Waals surface area contributed by atoms with Crippen LogP contribution in [0.5, 0.6) is 0 Å². The van der Waals surface area contributed by atoms with Crippen LogP contribution in [-0.4, -0.2) is 48.7 Å². The van der Waals surface area contributed by atoms with E-state index in [0.717, 1.165) is 25.7 Å². The van der Waals surface area contributed by atoms with E-state index in [1.165, 1.54) is 0 Å². The van der Waals surface area contributed by atoms with Gasteiger partial charge in [0.2, 0.25) is 5.91 Å². The standard InChI is InChI=1S/C10H20N2O2/c1-12(2)10(14)7-11-8-5-3-4-6-9(8)13/h8-9,11,13H,3-7H2,1-2H3/t8-,9-/m0/s1. The molecule has 0 heterocycles. The molecule has 4 nitrogen and oxygen atoms in total. The van der Waals surface area contributed by atoms with Gasteiger partial charge >= 0.3 is 0 Å². The van der Waals surface area contributed by atoms with Gasteiger partial charge in [0.05, 0.1) is 12.6 Å². The van der Waals surface area contributed by atoms with Crippen LogP contribution in [0.2, 0.25) is 0 Å². The molecule has 0 aromatic rings. The number of nitrogens with zero attached hydrogens (tertiary/aromatic N) is 1. The first-order valence-electron chi connectivity index (χ1n) is 5.23. The molecule has 0 aromatic heterocycles. The van der Waals surface area contributed by atoms with Gasteiger partial charge in [-0.15, -0.1) is 0 Å². The lowest BCUT2D eigenvalue weighted by atomic mass is 9.92. The van der Waals surface area contributed by atoms with E-state index < -0.39 is 0 Å². The number of nitrogens with one attached hydrogen (secondary N) is 1. The van der Waals surface area contributed by atoms with E-state index in [2.05, 4.69) is 5.32 Å². The Bertz CT molecular complexity index is 195. The number of aliphatic hydroxyl groups is 1. The molecular weight excluding hydrogens is 180 g/mol. The van der Waals surface area contributed by atoms with Gasteiger partial charge in [-0.3, -0.25) is 4.79 Å². The fourth-order valence-electron chi connectivity index (χ4n) is 1.73. The van der Waals surface area contributed by atoms with Crippen molar-refractivity contribution in [2.45, 2.75) is 37.8 Å². The minimum absolute atomic E-state index is 0.0581. The lowest BCUT2D eigenvalue weighted by Crippen LogP contribution is -2.46. The fourth-order valence-corrected chi connectivity index (χ4v) is 1.73. The van der Waals surface area contributed by atoms with Crippen molar-refractivity contribution in [1.82, 2.24) is 10.2 Å². The maximum Gasteiger partial charge on any atom is 0.236 e. The highest BCUT2D eigenvalue weighted by atomic mass is 16.3. The van der Waals surface area contributed by atoms with Crippen molar-refractivity contribution in [3.63, 3.8) is 0 Å². The van der Waals surface area contributed by atoms with Crippen LogP contribution in [0, 0.1) is 0 Å². The molecule has 1 fully saturated rings. The zero-order valence-corrected chi connectivity index (χ0v) is 8.99. The van der Waals surface area contributed by atoms with Crippen LogP contribution >= 0.6 is 0 Å². The molecule has 0 saturated heterocycles. The molecule has 14 heavy (non-hydrogen) atoms. The predicted octanol–water partition coefficient (Wildman–Crippen LogP) is -0.0323. The molecule has 1 saturated carbocycles. The Morgan fingerprint density at radius 2 is 2.07 bits per heavy atom. The highest BCUT2D eigenvalue weighted by Crippen LogP contribution is 2.17. The average Bonchev–Trinajstić information content (AvgIpc) is 2.16. The van der Waals surface area contributed by atoms with Gasteiger partial charge in [-0.25, -0.2) is 0 Å². The third-order valence-corrected chi connectivity index (χ3v) is 2.74. The Balaban J connectivity index is 2.26. The minimum Gasteiger partial charge on any atom is -0.392 e. The van der Waals surface area contributed by atoms with Gasteiger partial charge in [0.15, 0.2) is 0 Å². The van der Waals surface area contributed by atoms with Crippen LogP contribution in [0.1, 0.15) is 25.7 Å². The monoisotopic (exact) mass is 200 g/mol. The van der Waals surface area contributed by atoms with E-state index in [9.17, 15) is 9.90 Å². The molecule has 0 aromatic carbocycles. The Hall–Kier alpha value is -0.610. The van der Waals surface area contributed by atoms with E-state index in [0.29, 0.717) is 6.54 Å². The number of carbonyl (C=O) groups excluding carboxylic acids is 1. The molecule has 0 radical (unpaired) electrons. The molecule has 0 spiro atoms. The van der Waals surface area contributed by atoms with Crippen molar-refractivity contribution in [3.05, 3.63) is 0 Å². The van der Waals surface area contributed by atoms with Gasteiger partial charge in [-0.1, -0.05) is 12.8 Å². The normalized spacial score (nSPS) is 27.4. The molecule has 1 aliphatic rings. The molecule has 0 aliphatic heterocycles. The van der Waals surface area contributed by atoms with Gasteiger partial charge in [0, 0.05) is 20.1 Å². The van der Waals surface area contributed by atoms with Crippen LogP contribution in [0.25, 0.3) is 0 Å². The second-order valence-corrected chi connectivity index (χ2v) is 4.13.